The molecule has 98 valence electrons. The number of nitrogens with zero attached hydrogens (tertiary/aromatic N) is 4. The van der Waals surface area contributed by atoms with Crippen molar-refractivity contribution in [2.75, 3.05) is 6.61 Å². The first-order chi connectivity index (χ1) is 9.20. The monoisotopic (exact) mass is 258 g/mol. The van der Waals surface area contributed by atoms with Crippen molar-refractivity contribution >= 4 is 0 Å². The van der Waals surface area contributed by atoms with Crippen LogP contribution in [-0.2, 0) is 13.6 Å². The van der Waals surface area contributed by atoms with Gasteiger partial charge in [0.2, 0.25) is 0 Å². The molecule has 0 atom stereocenters. The minimum absolute atomic E-state index is 0.133. The molecular weight excluding hydrogens is 244 g/mol. The third kappa shape index (κ3) is 3.22. The summed E-state index contributed by atoms with van der Waals surface area (Å²) in [6.07, 6.45) is 2.16. The number of nitriles is 1. The van der Waals surface area contributed by atoms with Gasteiger partial charge < -0.3 is 4.74 Å². The second-order valence-corrected chi connectivity index (χ2v) is 4.09. The minimum atomic E-state index is -0.133. The Morgan fingerprint density at radius 2 is 2.32 bits per heavy atom. The van der Waals surface area contributed by atoms with Gasteiger partial charge in [0.05, 0.1) is 18.2 Å². The molecular formula is C13H14N4O2. The molecule has 0 unspecified atom stereocenters. The predicted octanol–water partition coefficient (Wildman–Crippen LogP) is 0.923. The number of aryl methyl sites for hydroxylation is 2. The molecule has 0 saturated carbocycles. The van der Waals surface area contributed by atoms with Crippen molar-refractivity contribution in [3.8, 4) is 11.8 Å². The third-order valence-electron chi connectivity index (χ3n) is 2.63. The van der Waals surface area contributed by atoms with Gasteiger partial charge in [-0.1, -0.05) is 6.07 Å². The Labute approximate surface area is 110 Å². The van der Waals surface area contributed by atoms with Gasteiger partial charge in [0.25, 0.3) is 0 Å². The van der Waals surface area contributed by atoms with Gasteiger partial charge in [0.15, 0.2) is 0 Å². The average Bonchev–Trinajstić information content (AvgIpc) is 2.75. The van der Waals surface area contributed by atoms with Crippen molar-refractivity contribution in [2.24, 2.45) is 7.05 Å². The quantitative estimate of drug-likeness (QED) is 0.748. The second kappa shape index (κ2) is 5.87. The maximum Gasteiger partial charge on any atom is 0.345 e. The Balaban J connectivity index is 1.82. The SMILES string of the molecule is Cn1cnn(CCCOc2cccc(C#N)c2)c1=O. The minimum Gasteiger partial charge on any atom is -0.493 e. The first-order valence-corrected chi connectivity index (χ1v) is 5.92. The Morgan fingerprint density at radius 3 is 3.00 bits per heavy atom. The van der Waals surface area contributed by atoms with Gasteiger partial charge in [0, 0.05) is 20.0 Å². The van der Waals surface area contributed by atoms with Crippen LogP contribution in [0.4, 0.5) is 0 Å². The number of aromatic nitrogens is 3. The van der Waals surface area contributed by atoms with Crippen molar-refractivity contribution in [2.45, 2.75) is 13.0 Å². The Hall–Kier alpha value is -2.55. The van der Waals surface area contributed by atoms with Crippen molar-refractivity contribution in [1.82, 2.24) is 14.3 Å². The molecule has 0 bridgehead atoms. The summed E-state index contributed by atoms with van der Waals surface area (Å²) in [5.41, 5.74) is 0.435. The zero-order valence-electron chi connectivity index (χ0n) is 10.6. The second-order valence-electron chi connectivity index (χ2n) is 4.09. The van der Waals surface area contributed by atoms with Crippen molar-refractivity contribution in [3.05, 3.63) is 46.6 Å². The molecule has 6 heteroatoms. The van der Waals surface area contributed by atoms with Crippen LogP contribution in [0.3, 0.4) is 0 Å². The Kier molecular flexibility index (Phi) is 3.98. The lowest BCUT2D eigenvalue weighted by atomic mass is 10.2. The van der Waals surface area contributed by atoms with E-state index in [0.717, 1.165) is 0 Å². The standard InChI is InChI=1S/C13H14N4O2/c1-16-10-15-17(13(16)18)6-3-7-19-12-5-2-4-11(8-12)9-14/h2,4-5,8,10H,3,6-7H2,1H3. The van der Waals surface area contributed by atoms with E-state index in [1.807, 2.05) is 0 Å². The highest BCUT2D eigenvalue weighted by molar-refractivity contribution is 5.36. The molecule has 0 aliphatic heterocycles. The van der Waals surface area contributed by atoms with Crippen LogP contribution in [0.5, 0.6) is 5.75 Å². The summed E-state index contributed by atoms with van der Waals surface area (Å²) in [4.78, 5) is 11.5. The number of rotatable bonds is 5. The van der Waals surface area contributed by atoms with E-state index < -0.39 is 0 Å². The van der Waals surface area contributed by atoms with Gasteiger partial charge in [0.1, 0.15) is 12.1 Å². The molecule has 0 aliphatic rings. The fourth-order valence-corrected chi connectivity index (χ4v) is 1.63. The van der Waals surface area contributed by atoms with Crippen LogP contribution >= 0.6 is 0 Å². The molecule has 0 aliphatic carbocycles. The number of benzene rings is 1. The fraction of sp³-hybridized carbons (Fsp3) is 0.308. The van der Waals surface area contributed by atoms with Crippen LogP contribution in [0.25, 0.3) is 0 Å². The summed E-state index contributed by atoms with van der Waals surface area (Å²) >= 11 is 0. The summed E-state index contributed by atoms with van der Waals surface area (Å²) < 4.78 is 8.34. The van der Waals surface area contributed by atoms with Crippen LogP contribution in [0.15, 0.2) is 35.4 Å². The van der Waals surface area contributed by atoms with E-state index in [1.54, 1.807) is 31.3 Å². The summed E-state index contributed by atoms with van der Waals surface area (Å²) in [5.74, 6) is 0.660. The van der Waals surface area contributed by atoms with Crippen LogP contribution in [0, 0.1) is 11.3 Å². The smallest absolute Gasteiger partial charge is 0.345 e. The van der Waals surface area contributed by atoms with Crippen molar-refractivity contribution < 1.29 is 4.74 Å². The Morgan fingerprint density at radius 1 is 1.47 bits per heavy atom. The van der Waals surface area contributed by atoms with Crippen LogP contribution in [0.2, 0.25) is 0 Å². The van der Waals surface area contributed by atoms with E-state index in [0.29, 0.717) is 30.9 Å². The first-order valence-electron chi connectivity index (χ1n) is 5.92. The van der Waals surface area contributed by atoms with Gasteiger partial charge in [-0.15, -0.1) is 0 Å². The number of ether oxygens (including phenoxy) is 1. The van der Waals surface area contributed by atoms with E-state index in [2.05, 4.69) is 11.2 Å². The molecule has 2 rings (SSSR count). The highest BCUT2D eigenvalue weighted by Crippen LogP contribution is 2.12. The van der Waals surface area contributed by atoms with Gasteiger partial charge >= 0.3 is 5.69 Å². The molecule has 1 aromatic carbocycles. The van der Waals surface area contributed by atoms with E-state index >= 15 is 0 Å². The molecule has 0 amide bonds. The molecule has 0 N–H and O–H groups in total. The molecule has 0 spiro atoms. The average molecular weight is 258 g/mol. The van der Waals surface area contributed by atoms with Gasteiger partial charge in [-0.05, 0) is 18.2 Å². The molecule has 1 heterocycles. The summed E-state index contributed by atoms with van der Waals surface area (Å²) in [6, 6.07) is 9.04. The van der Waals surface area contributed by atoms with Crippen molar-refractivity contribution in [1.29, 1.82) is 5.26 Å². The molecule has 19 heavy (non-hydrogen) atoms. The topological polar surface area (TPSA) is 72.8 Å². The predicted molar refractivity (Wildman–Crippen MR) is 68.7 cm³/mol. The maximum atomic E-state index is 11.5. The molecule has 0 saturated heterocycles. The third-order valence-corrected chi connectivity index (χ3v) is 2.63. The number of hydrogen-bond acceptors (Lipinski definition) is 4. The zero-order chi connectivity index (χ0) is 13.7. The number of hydrogen-bond donors (Lipinski definition) is 0. The summed E-state index contributed by atoms with van der Waals surface area (Å²) in [7, 11) is 1.66. The van der Waals surface area contributed by atoms with E-state index in [4.69, 9.17) is 10.00 Å². The van der Waals surface area contributed by atoms with Crippen LogP contribution < -0.4 is 10.4 Å². The zero-order valence-corrected chi connectivity index (χ0v) is 10.6. The molecule has 2 aromatic rings. The van der Waals surface area contributed by atoms with E-state index in [9.17, 15) is 4.79 Å². The van der Waals surface area contributed by atoms with E-state index in [-0.39, 0.29) is 5.69 Å². The first kappa shape index (κ1) is 12.9. The molecule has 1 aromatic heterocycles. The summed E-state index contributed by atoms with van der Waals surface area (Å²) in [5, 5.41) is 12.7. The fourth-order valence-electron chi connectivity index (χ4n) is 1.63. The Bertz CT molecular complexity index is 651. The lowest BCUT2D eigenvalue weighted by Crippen LogP contribution is -2.23. The van der Waals surface area contributed by atoms with Crippen molar-refractivity contribution in [3.63, 3.8) is 0 Å². The lowest BCUT2D eigenvalue weighted by Gasteiger charge is -2.05. The normalized spacial score (nSPS) is 10.1. The highest BCUT2D eigenvalue weighted by Gasteiger charge is 2.01. The van der Waals surface area contributed by atoms with Gasteiger partial charge in [-0.2, -0.15) is 10.4 Å². The molecule has 0 radical (unpaired) electrons. The summed E-state index contributed by atoms with van der Waals surface area (Å²) in [6.45, 7) is 0.982. The van der Waals surface area contributed by atoms with Gasteiger partial charge in [-0.25, -0.2) is 9.48 Å². The molecule has 0 fully saturated rings. The van der Waals surface area contributed by atoms with E-state index in [1.165, 1.54) is 15.6 Å². The van der Waals surface area contributed by atoms with Crippen LogP contribution in [0.1, 0.15) is 12.0 Å². The highest BCUT2D eigenvalue weighted by atomic mass is 16.5. The lowest BCUT2D eigenvalue weighted by molar-refractivity contribution is 0.297. The largest absolute Gasteiger partial charge is 0.493 e. The molecule has 6 nitrogen and oxygen atoms in total. The van der Waals surface area contributed by atoms with Crippen LogP contribution in [-0.4, -0.2) is 21.0 Å². The maximum absolute atomic E-state index is 11.5. The van der Waals surface area contributed by atoms with Gasteiger partial charge in [-0.3, -0.25) is 4.57 Å².